The van der Waals surface area contributed by atoms with Gasteiger partial charge in [-0.15, -0.1) is 0 Å². The summed E-state index contributed by atoms with van der Waals surface area (Å²) >= 11 is 0. The van der Waals surface area contributed by atoms with Crippen LogP contribution in [0.5, 0.6) is 0 Å². The maximum atomic E-state index is 12.0. The molecule has 2 unspecified atom stereocenters. The molecule has 1 aliphatic rings. The minimum atomic E-state index is -0.407. The minimum Gasteiger partial charge on any atom is -0.392 e. The zero-order valence-electron chi connectivity index (χ0n) is 11.0. The summed E-state index contributed by atoms with van der Waals surface area (Å²) in [7, 11) is 0. The Hall–Kier alpha value is -0.650. The third-order valence-corrected chi connectivity index (χ3v) is 3.10. The van der Waals surface area contributed by atoms with E-state index in [2.05, 4.69) is 5.32 Å². The van der Waals surface area contributed by atoms with Gasteiger partial charge in [-0.2, -0.15) is 0 Å². The van der Waals surface area contributed by atoms with Crippen LogP contribution in [0, 0.1) is 5.92 Å². The van der Waals surface area contributed by atoms with Gasteiger partial charge in [-0.3, -0.25) is 4.79 Å². The summed E-state index contributed by atoms with van der Waals surface area (Å²) in [5, 5.41) is 12.7. The van der Waals surface area contributed by atoms with Crippen LogP contribution in [0.15, 0.2) is 0 Å². The highest BCUT2D eigenvalue weighted by Gasteiger charge is 2.22. The Morgan fingerprint density at radius 1 is 1.35 bits per heavy atom. The van der Waals surface area contributed by atoms with E-state index in [9.17, 15) is 9.90 Å². The average Bonchev–Trinajstić information content (AvgIpc) is 2.35. The molecule has 1 saturated heterocycles. The third kappa shape index (κ3) is 4.61. The quantitative estimate of drug-likeness (QED) is 0.705. The highest BCUT2D eigenvalue weighted by molar-refractivity contribution is 5.81. The zero-order chi connectivity index (χ0) is 12.8. The normalized spacial score (nSPS) is 20.4. The van der Waals surface area contributed by atoms with Gasteiger partial charge in [-0.25, -0.2) is 0 Å². The highest BCUT2D eigenvalue weighted by Crippen LogP contribution is 2.02. The van der Waals surface area contributed by atoms with E-state index in [4.69, 9.17) is 4.74 Å². The largest absolute Gasteiger partial charge is 0.392 e. The van der Waals surface area contributed by atoms with Crippen molar-refractivity contribution in [3.8, 4) is 0 Å². The molecule has 0 aromatic carbocycles. The van der Waals surface area contributed by atoms with E-state index < -0.39 is 6.10 Å². The van der Waals surface area contributed by atoms with Gasteiger partial charge >= 0.3 is 0 Å². The molecule has 0 bridgehead atoms. The smallest absolute Gasteiger partial charge is 0.239 e. The lowest BCUT2D eigenvalue weighted by Gasteiger charge is -2.30. The fourth-order valence-corrected chi connectivity index (χ4v) is 1.68. The second kappa shape index (κ2) is 6.93. The van der Waals surface area contributed by atoms with Crippen LogP contribution in [0.3, 0.4) is 0 Å². The van der Waals surface area contributed by atoms with Crippen LogP contribution in [-0.2, 0) is 9.53 Å². The van der Waals surface area contributed by atoms with Gasteiger partial charge < -0.3 is 20.1 Å². The van der Waals surface area contributed by atoms with Crippen molar-refractivity contribution in [2.45, 2.75) is 32.9 Å². The van der Waals surface area contributed by atoms with Gasteiger partial charge in [0.1, 0.15) is 0 Å². The Morgan fingerprint density at radius 3 is 2.47 bits per heavy atom. The number of amides is 1. The predicted molar refractivity (Wildman–Crippen MR) is 65.7 cm³/mol. The van der Waals surface area contributed by atoms with E-state index in [1.807, 2.05) is 25.7 Å². The summed E-state index contributed by atoms with van der Waals surface area (Å²) in [4.78, 5) is 13.8. The molecule has 17 heavy (non-hydrogen) atoms. The molecule has 2 atom stereocenters. The molecular weight excluding hydrogens is 220 g/mol. The standard InChI is InChI=1S/C12H24N2O3/c1-9(2)11(15)8-13-10(3)12(16)14-4-6-17-7-5-14/h9-11,13,15H,4-8H2,1-3H3. The highest BCUT2D eigenvalue weighted by atomic mass is 16.5. The summed E-state index contributed by atoms with van der Waals surface area (Å²) in [6.45, 7) is 8.77. The molecule has 1 rings (SSSR count). The number of nitrogens with one attached hydrogen (secondary N) is 1. The van der Waals surface area contributed by atoms with E-state index in [-0.39, 0.29) is 17.9 Å². The van der Waals surface area contributed by atoms with Gasteiger partial charge in [0.2, 0.25) is 5.91 Å². The molecule has 0 spiro atoms. The second-order valence-corrected chi connectivity index (χ2v) is 4.88. The van der Waals surface area contributed by atoms with Crippen LogP contribution in [0.1, 0.15) is 20.8 Å². The van der Waals surface area contributed by atoms with Crippen molar-refractivity contribution in [3.05, 3.63) is 0 Å². The molecule has 1 heterocycles. The number of hydrogen-bond donors (Lipinski definition) is 2. The first kappa shape index (κ1) is 14.4. The number of aliphatic hydroxyl groups excluding tert-OH is 1. The van der Waals surface area contributed by atoms with Gasteiger partial charge in [-0.1, -0.05) is 13.8 Å². The third-order valence-electron chi connectivity index (χ3n) is 3.10. The summed E-state index contributed by atoms with van der Waals surface area (Å²) in [5.41, 5.74) is 0. The number of carbonyl (C=O) groups excluding carboxylic acids is 1. The van der Waals surface area contributed by atoms with Crippen molar-refractivity contribution in [3.63, 3.8) is 0 Å². The number of hydrogen-bond acceptors (Lipinski definition) is 4. The van der Waals surface area contributed by atoms with Crippen LogP contribution < -0.4 is 5.32 Å². The van der Waals surface area contributed by atoms with E-state index >= 15 is 0 Å². The molecule has 100 valence electrons. The van der Waals surface area contributed by atoms with E-state index in [0.29, 0.717) is 32.8 Å². The summed E-state index contributed by atoms with van der Waals surface area (Å²) < 4.78 is 5.20. The Balaban J connectivity index is 2.30. The van der Waals surface area contributed by atoms with Crippen molar-refractivity contribution in [1.29, 1.82) is 0 Å². The van der Waals surface area contributed by atoms with Crippen molar-refractivity contribution >= 4 is 5.91 Å². The second-order valence-electron chi connectivity index (χ2n) is 4.88. The Bertz CT molecular complexity index is 240. The fourth-order valence-electron chi connectivity index (χ4n) is 1.68. The van der Waals surface area contributed by atoms with Crippen molar-refractivity contribution in [2.24, 2.45) is 5.92 Å². The molecule has 1 aliphatic heterocycles. The Labute approximate surface area is 103 Å². The lowest BCUT2D eigenvalue weighted by Crippen LogP contribution is -2.50. The molecule has 2 N–H and O–H groups in total. The lowest BCUT2D eigenvalue weighted by molar-refractivity contribution is -0.137. The van der Waals surface area contributed by atoms with Crippen molar-refractivity contribution in [2.75, 3.05) is 32.8 Å². The van der Waals surface area contributed by atoms with Crippen LogP contribution in [0.2, 0.25) is 0 Å². The summed E-state index contributed by atoms with van der Waals surface area (Å²) in [6.07, 6.45) is -0.407. The first-order valence-corrected chi connectivity index (χ1v) is 6.30. The van der Waals surface area contributed by atoms with Crippen LogP contribution in [0.4, 0.5) is 0 Å². The summed E-state index contributed by atoms with van der Waals surface area (Å²) in [6, 6.07) is -0.249. The molecule has 0 aromatic heterocycles. The predicted octanol–water partition coefficient (Wildman–Crippen LogP) is -0.160. The summed E-state index contributed by atoms with van der Waals surface area (Å²) in [5.74, 6) is 0.289. The van der Waals surface area contributed by atoms with E-state index in [1.54, 1.807) is 0 Å². The first-order chi connectivity index (χ1) is 8.02. The van der Waals surface area contributed by atoms with Gasteiger partial charge in [-0.05, 0) is 12.8 Å². The number of morpholine rings is 1. The number of ether oxygens (including phenoxy) is 1. The van der Waals surface area contributed by atoms with Crippen molar-refractivity contribution < 1.29 is 14.6 Å². The Morgan fingerprint density at radius 2 is 1.94 bits per heavy atom. The molecule has 1 fully saturated rings. The fraction of sp³-hybridized carbons (Fsp3) is 0.917. The maximum absolute atomic E-state index is 12.0. The molecule has 0 aliphatic carbocycles. The average molecular weight is 244 g/mol. The number of carbonyl (C=O) groups is 1. The monoisotopic (exact) mass is 244 g/mol. The number of nitrogens with zero attached hydrogens (tertiary/aromatic N) is 1. The number of rotatable bonds is 5. The van der Waals surface area contributed by atoms with Gasteiger partial charge in [0.25, 0.3) is 0 Å². The topological polar surface area (TPSA) is 61.8 Å². The SMILES string of the molecule is CC(NCC(O)C(C)C)C(=O)N1CCOCC1. The number of aliphatic hydroxyl groups is 1. The molecule has 0 saturated carbocycles. The van der Waals surface area contributed by atoms with Crippen LogP contribution in [0.25, 0.3) is 0 Å². The molecule has 0 radical (unpaired) electrons. The van der Waals surface area contributed by atoms with Crippen LogP contribution in [-0.4, -0.2) is 60.9 Å². The molecule has 5 heteroatoms. The zero-order valence-corrected chi connectivity index (χ0v) is 11.0. The molecule has 5 nitrogen and oxygen atoms in total. The van der Waals surface area contributed by atoms with E-state index in [1.165, 1.54) is 0 Å². The van der Waals surface area contributed by atoms with Gasteiger partial charge in [0.15, 0.2) is 0 Å². The van der Waals surface area contributed by atoms with Gasteiger partial charge in [0, 0.05) is 19.6 Å². The lowest BCUT2D eigenvalue weighted by atomic mass is 10.1. The van der Waals surface area contributed by atoms with Gasteiger partial charge in [0.05, 0.1) is 25.4 Å². The molecular formula is C12H24N2O3. The maximum Gasteiger partial charge on any atom is 0.239 e. The van der Waals surface area contributed by atoms with Crippen molar-refractivity contribution in [1.82, 2.24) is 10.2 Å². The first-order valence-electron chi connectivity index (χ1n) is 6.30. The molecule has 0 aromatic rings. The Kier molecular flexibility index (Phi) is 5.88. The van der Waals surface area contributed by atoms with Crippen LogP contribution >= 0.6 is 0 Å². The van der Waals surface area contributed by atoms with E-state index in [0.717, 1.165) is 0 Å². The molecule has 1 amide bonds. The minimum absolute atomic E-state index is 0.0873.